The molecule has 8 heteroatoms. The van der Waals surface area contributed by atoms with Gasteiger partial charge in [0.25, 0.3) is 0 Å². The minimum Gasteiger partial charge on any atom is -0.330 e. The van der Waals surface area contributed by atoms with Crippen LogP contribution in [0.15, 0.2) is 164 Å². The van der Waals surface area contributed by atoms with Gasteiger partial charge in [-0.05, 0) is 50.2 Å². The zero-order valence-electron chi connectivity index (χ0n) is 29.0. The van der Waals surface area contributed by atoms with Gasteiger partial charge in [0.05, 0.1) is 5.69 Å². The lowest BCUT2D eigenvalue weighted by Crippen LogP contribution is -2.39. The third-order valence-corrected chi connectivity index (χ3v) is 9.62. The molecule has 0 aliphatic rings. The molecular formula is C44H38N8. The molecule has 0 saturated carbocycles. The summed E-state index contributed by atoms with van der Waals surface area (Å²) >= 11 is 0. The van der Waals surface area contributed by atoms with Gasteiger partial charge in [0, 0.05) is 42.7 Å². The van der Waals surface area contributed by atoms with E-state index in [9.17, 15) is 0 Å². The summed E-state index contributed by atoms with van der Waals surface area (Å²) in [5.41, 5.74) is 8.41. The van der Waals surface area contributed by atoms with Crippen LogP contribution in [0.1, 0.15) is 47.8 Å². The second-order valence-corrected chi connectivity index (χ2v) is 12.9. The molecule has 0 radical (unpaired) electrons. The van der Waals surface area contributed by atoms with Crippen LogP contribution >= 0.6 is 0 Å². The molecule has 0 amide bonds. The first-order chi connectivity index (χ1) is 25.8. The Hall–Kier alpha value is -6.54. The minimum atomic E-state index is -0.843. The summed E-state index contributed by atoms with van der Waals surface area (Å²) in [4.78, 5) is 13.4. The highest BCUT2D eigenvalue weighted by molar-refractivity contribution is 5.81. The van der Waals surface area contributed by atoms with Gasteiger partial charge in [-0.1, -0.05) is 153 Å². The van der Waals surface area contributed by atoms with Crippen LogP contribution in [-0.4, -0.2) is 39.7 Å². The fraction of sp³-hybridized carbons (Fsp3) is 0.136. The van der Waals surface area contributed by atoms with E-state index in [1.807, 2.05) is 41.3 Å². The lowest BCUT2D eigenvalue weighted by molar-refractivity contribution is 0.451. The number of aryl methyl sites for hydroxylation is 1. The molecule has 0 N–H and O–H groups in total. The van der Waals surface area contributed by atoms with Crippen molar-refractivity contribution < 1.29 is 0 Å². The van der Waals surface area contributed by atoms with Gasteiger partial charge in [0.15, 0.2) is 5.82 Å². The molecule has 52 heavy (non-hydrogen) atoms. The van der Waals surface area contributed by atoms with Crippen molar-refractivity contribution in [1.82, 2.24) is 39.7 Å². The molecule has 0 aliphatic carbocycles. The van der Waals surface area contributed by atoms with Crippen LogP contribution in [0.2, 0.25) is 0 Å². The SMILES string of the molecule is CCCCc1nc(-c2cncnc2)cn1Cc1ccc(-c2ccccc2-c2nnnn2C(c2ccccc2)(c2ccccc2)c2ccccc2)cc1. The molecule has 0 atom stereocenters. The number of tetrazole rings is 1. The van der Waals surface area contributed by atoms with E-state index in [2.05, 4.69) is 148 Å². The molecule has 0 aliphatic heterocycles. The molecule has 3 heterocycles. The normalized spacial score (nSPS) is 11.5. The molecule has 5 aromatic carbocycles. The summed E-state index contributed by atoms with van der Waals surface area (Å²) in [6.07, 6.45) is 10.4. The highest BCUT2D eigenvalue weighted by atomic mass is 15.6. The summed E-state index contributed by atoms with van der Waals surface area (Å²) in [6.45, 7) is 2.92. The van der Waals surface area contributed by atoms with E-state index in [-0.39, 0.29) is 0 Å². The summed E-state index contributed by atoms with van der Waals surface area (Å²) in [7, 11) is 0. The standard InChI is InChI=1S/C44H38N8/c1-2-3-23-42-47-41(35-28-45-32-46-29-35)31-51(42)30-33-24-26-34(27-25-33)39-21-13-14-22-40(39)43-48-49-50-52(43)44(36-15-7-4-8-16-36,37-17-9-5-10-18-37)38-19-11-6-12-20-38/h4-22,24-29,31-32H,2-3,23,30H2,1H3. The third-order valence-electron chi connectivity index (χ3n) is 9.62. The number of benzene rings is 5. The molecule has 3 aromatic heterocycles. The van der Waals surface area contributed by atoms with Crippen molar-refractivity contribution in [3.05, 3.63) is 193 Å². The van der Waals surface area contributed by atoms with Gasteiger partial charge in [0.2, 0.25) is 0 Å². The third kappa shape index (κ3) is 6.20. The Morgan fingerprint density at radius 3 is 1.79 bits per heavy atom. The monoisotopic (exact) mass is 678 g/mol. The number of hydrogen-bond acceptors (Lipinski definition) is 6. The number of hydrogen-bond donors (Lipinski definition) is 0. The number of unbranched alkanes of at least 4 members (excludes halogenated alkanes) is 1. The number of aromatic nitrogens is 8. The van der Waals surface area contributed by atoms with Gasteiger partial charge in [-0.15, -0.1) is 5.10 Å². The zero-order chi connectivity index (χ0) is 35.2. The first kappa shape index (κ1) is 32.7. The van der Waals surface area contributed by atoms with Crippen molar-refractivity contribution in [3.63, 3.8) is 0 Å². The summed E-state index contributed by atoms with van der Waals surface area (Å²) in [5, 5.41) is 13.9. The maximum Gasteiger partial charge on any atom is 0.184 e. The van der Waals surface area contributed by atoms with Gasteiger partial charge in [-0.25, -0.2) is 19.6 Å². The van der Waals surface area contributed by atoms with E-state index in [1.54, 1.807) is 6.33 Å². The fourth-order valence-corrected chi connectivity index (χ4v) is 7.10. The van der Waals surface area contributed by atoms with Crippen LogP contribution in [0.4, 0.5) is 0 Å². The predicted molar refractivity (Wildman–Crippen MR) is 204 cm³/mol. The quantitative estimate of drug-likeness (QED) is 0.120. The highest BCUT2D eigenvalue weighted by Crippen LogP contribution is 2.43. The molecule has 0 bridgehead atoms. The van der Waals surface area contributed by atoms with Crippen LogP contribution in [0, 0.1) is 0 Å². The first-order valence-corrected chi connectivity index (χ1v) is 17.7. The lowest BCUT2D eigenvalue weighted by atomic mass is 9.77. The molecular weight excluding hydrogens is 641 g/mol. The highest BCUT2D eigenvalue weighted by Gasteiger charge is 2.42. The largest absolute Gasteiger partial charge is 0.330 e. The molecule has 8 aromatic rings. The van der Waals surface area contributed by atoms with Crippen LogP contribution in [0.5, 0.6) is 0 Å². The topological polar surface area (TPSA) is 87.2 Å². The molecule has 0 saturated heterocycles. The van der Waals surface area contributed by atoms with Gasteiger partial charge in [0.1, 0.15) is 17.7 Å². The Morgan fingerprint density at radius 1 is 0.615 bits per heavy atom. The lowest BCUT2D eigenvalue weighted by Gasteiger charge is -2.36. The van der Waals surface area contributed by atoms with Crippen LogP contribution in [-0.2, 0) is 18.5 Å². The predicted octanol–water partition coefficient (Wildman–Crippen LogP) is 8.89. The smallest absolute Gasteiger partial charge is 0.184 e. The van der Waals surface area contributed by atoms with E-state index >= 15 is 0 Å². The van der Waals surface area contributed by atoms with Crippen molar-refractivity contribution >= 4 is 0 Å². The Labute approximate surface area is 303 Å². The molecule has 0 spiro atoms. The second-order valence-electron chi connectivity index (χ2n) is 12.9. The van der Waals surface area contributed by atoms with E-state index in [4.69, 9.17) is 15.3 Å². The number of nitrogens with zero attached hydrogens (tertiary/aromatic N) is 8. The Morgan fingerprint density at radius 2 is 1.19 bits per heavy atom. The van der Waals surface area contributed by atoms with E-state index in [0.717, 1.165) is 69.7 Å². The molecule has 0 fully saturated rings. The maximum absolute atomic E-state index is 4.97. The molecule has 8 nitrogen and oxygen atoms in total. The van der Waals surface area contributed by atoms with E-state index in [1.165, 1.54) is 5.56 Å². The molecule has 8 rings (SSSR count). The maximum atomic E-state index is 4.97. The van der Waals surface area contributed by atoms with Crippen molar-refractivity contribution in [2.45, 2.75) is 38.3 Å². The van der Waals surface area contributed by atoms with Crippen molar-refractivity contribution in [2.24, 2.45) is 0 Å². The van der Waals surface area contributed by atoms with Crippen molar-refractivity contribution in [3.8, 4) is 33.8 Å². The average Bonchev–Trinajstić information content (AvgIpc) is 3.87. The Kier molecular flexibility index (Phi) is 9.26. The van der Waals surface area contributed by atoms with E-state index < -0.39 is 5.54 Å². The Balaban J connectivity index is 1.20. The fourth-order valence-electron chi connectivity index (χ4n) is 7.10. The Bertz CT molecular complexity index is 2250. The first-order valence-electron chi connectivity index (χ1n) is 17.7. The molecule has 0 unspecified atom stereocenters. The van der Waals surface area contributed by atoms with Gasteiger partial charge in [-0.2, -0.15) is 0 Å². The second kappa shape index (κ2) is 14.7. The summed E-state index contributed by atoms with van der Waals surface area (Å²) in [6, 6.07) is 48.6. The number of rotatable bonds is 12. The number of imidazole rings is 1. The zero-order valence-corrected chi connectivity index (χ0v) is 29.0. The van der Waals surface area contributed by atoms with Crippen LogP contribution < -0.4 is 0 Å². The van der Waals surface area contributed by atoms with Crippen molar-refractivity contribution in [1.29, 1.82) is 0 Å². The molecule has 254 valence electrons. The van der Waals surface area contributed by atoms with Crippen molar-refractivity contribution in [2.75, 3.05) is 0 Å². The van der Waals surface area contributed by atoms with Crippen LogP contribution in [0.3, 0.4) is 0 Å². The van der Waals surface area contributed by atoms with Gasteiger partial charge in [-0.3, -0.25) is 0 Å². The summed E-state index contributed by atoms with van der Waals surface area (Å²) < 4.78 is 4.25. The van der Waals surface area contributed by atoms with Gasteiger partial charge >= 0.3 is 0 Å². The summed E-state index contributed by atoms with van der Waals surface area (Å²) in [5.74, 6) is 1.74. The van der Waals surface area contributed by atoms with E-state index in [0.29, 0.717) is 12.4 Å². The van der Waals surface area contributed by atoms with Crippen LogP contribution in [0.25, 0.3) is 33.8 Å². The average molecular weight is 679 g/mol. The minimum absolute atomic E-state index is 0.674. The van der Waals surface area contributed by atoms with Gasteiger partial charge < -0.3 is 4.57 Å².